The van der Waals surface area contributed by atoms with Crippen LogP contribution in [0.4, 0.5) is 24.0 Å². The van der Waals surface area contributed by atoms with E-state index in [1.165, 1.54) is 7.11 Å². The van der Waals surface area contributed by atoms with E-state index in [0.29, 0.717) is 17.0 Å². The molecule has 1 N–H and O–H groups in total. The van der Waals surface area contributed by atoms with Gasteiger partial charge in [0.2, 0.25) is 0 Å². The third-order valence-corrected chi connectivity index (χ3v) is 4.30. The molecule has 7 heteroatoms. The van der Waals surface area contributed by atoms with E-state index in [1.807, 2.05) is 0 Å². The number of nitrogens with one attached hydrogen (secondary N) is 1. The predicted molar refractivity (Wildman–Crippen MR) is 88.8 cm³/mol. The van der Waals surface area contributed by atoms with Crippen LogP contribution in [-0.2, 0) is 6.18 Å². The molecule has 0 bridgehead atoms. The number of para-hydroxylation sites is 2. The summed E-state index contributed by atoms with van der Waals surface area (Å²) in [6, 6.07) is 15.4. The minimum absolute atomic E-state index is 0.0838. The monoisotopic (exact) mass is 350 g/mol. The van der Waals surface area contributed by atoms with Crippen LogP contribution >= 0.6 is 11.3 Å². The van der Waals surface area contributed by atoms with Gasteiger partial charge in [-0.1, -0.05) is 53.8 Å². The number of nitrogens with zero attached hydrogens (tertiary/aromatic N) is 1. The van der Waals surface area contributed by atoms with Crippen molar-refractivity contribution in [3.8, 4) is 16.2 Å². The van der Waals surface area contributed by atoms with Gasteiger partial charge in [0, 0.05) is 0 Å². The van der Waals surface area contributed by atoms with Crippen LogP contribution in [0.15, 0.2) is 54.6 Å². The number of hydrogen-bond donors (Lipinski definition) is 1. The fraction of sp³-hybridized carbons (Fsp3) is 0.118. The van der Waals surface area contributed by atoms with Gasteiger partial charge in [-0.05, 0) is 17.7 Å². The molecule has 3 rings (SSSR count). The Morgan fingerprint density at radius 2 is 1.67 bits per heavy atom. The number of aromatic nitrogens is 1. The quantitative estimate of drug-likeness (QED) is 0.667. The van der Waals surface area contributed by atoms with Crippen molar-refractivity contribution in [1.29, 1.82) is 0 Å². The van der Waals surface area contributed by atoms with Crippen molar-refractivity contribution >= 4 is 22.2 Å². The molecule has 0 amide bonds. The summed E-state index contributed by atoms with van der Waals surface area (Å²) < 4.78 is 45.2. The topological polar surface area (TPSA) is 34.1 Å². The van der Waals surface area contributed by atoms with Crippen molar-refractivity contribution in [2.45, 2.75) is 6.18 Å². The Morgan fingerprint density at radius 1 is 1.00 bits per heavy atom. The summed E-state index contributed by atoms with van der Waals surface area (Å²) in [6.45, 7) is 0. The summed E-state index contributed by atoms with van der Waals surface area (Å²) in [4.78, 5) is 3.84. The summed E-state index contributed by atoms with van der Waals surface area (Å²) in [7, 11) is 1.50. The third kappa shape index (κ3) is 3.35. The normalized spacial score (nSPS) is 11.3. The molecule has 3 aromatic rings. The zero-order chi connectivity index (χ0) is 17.2. The average molecular weight is 350 g/mol. The molecular weight excluding hydrogens is 337 g/mol. The van der Waals surface area contributed by atoms with E-state index in [-0.39, 0.29) is 10.0 Å². The Kier molecular flexibility index (Phi) is 4.44. The van der Waals surface area contributed by atoms with Crippen molar-refractivity contribution in [3.05, 3.63) is 60.3 Å². The van der Waals surface area contributed by atoms with Crippen LogP contribution in [0.25, 0.3) is 10.4 Å². The van der Waals surface area contributed by atoms with Gasteiger partial charge < -0.3 is 10.1 Å². The van der Waals surface area contributed by atoms with Gasteiger partial charge in [-0.15, -0.1) is 0 Å². The molecule has 1 aromatic heterocycles. The first-order valence-corrected chi connectivity index (χ1v) is 7.84. The molecule has 24 heavy (non-hydrogen) atoms. The molecule has 0 aliphatic rings. The summed E-state index contributed by atoms with van der Waals surface area (Å²) in [5.41, 5.74) is 0.147. The van der Waals surface area contributed by atoms with E-state index < -0.39 is 11.9 Å². The lowest BCUT2D eigenvalue weighted by molar-refractivity contribution is -0.140. The highest BCUT2D eigenvalue weighted by Crippen LogP contribution is 2.43. The first kappa shape index (κ1) is 16.3. The van der Waals surface area contributed by atoms with E-state index in [2.05, 4.69) is 10.3 Å². The molecule has 0 unspecified atom stereocenters. The zero-order valence-corrected chi connectivity index (χ0v) is 13.4. The highest BCUT2D eigenvalue weighted by atomic mass is 32.1. The van der Waals surface area contributed by atoms with Crippen molar-refractivity contribution < 1.29 is 17.9 Å². The second-order valence-corrected chi connectivity index (χ2v) is 5.88. The lowest BCUT2D eigenvalue weighted by atomic mass is 10.1. The second-order valence-electron chi connectivity index (χ2n) is 4.89. The number of halogens is 3. The molecule has 0 saturated heterocycles. The Balaban J connectivity index is 2.03. The molecule has 124 valence electrons. The maximum Gasteiger partial charge on any atom is 0.434 e. The molecule has 0 atom stereocenters. The lowest BCUT2D eigenvalue weighted by Gasteiger charge is -2.08. The average Bonchev–Trinajstić information content (AvgIpc) is 3.00. The van der Waals surface area contributed by atoms with Crippen LogP contribution in [0, 0.1) is 0 Å². The molecule has 0 spiro atoms. The minimum Gasteiger partial charge on any atom is -0.495 e. The van der Waals surface area contributed by atoms with Crippen LogP contribution in [0.1, 0.15) is 5.69 Å². The van der Waals surface area contributed by atoms with Gasteiger partial charge in [0.15, 0.2) is 10.8 Å². The molecule has 0 aliphatic carbocycles. The molecule has 2 aromatic carbocycles. The van der Waals surface area contributed by atoms with Gasteiger partial charge in [-0.3, -0.25) is 0 Å². The SMILES string of the molecule is COc1ccccc1Nc1nc(C(F)(F)F)c(-c2ccccc2)s1. The number of thiazole rings is 1. The van der Waals surface area contributed by atoms with Crippen molar-refractivity contribution in [3.63, 3.8) is 0 Å². The molecule has 3 nitrogen and oxygen atoms in total. The van der Waals surface area contributed by atoms with Crippen LogP contribution in [0.2, 0.25) is 0 Å². The molecule has 0 saturated carbocycles. The number of hydrogen-bond acceptors (Lipinski definition) is 4. The van der Waals surface area contributed by atoms with Crippen molar-refractivity contribution in [2.24, 2.45) is 0 Å². The Labute approximate surface area is 140 Å². The van der Waals surface area contributed by atoms with Crippen LogP contribution in [-0.4, -0.2) is 12.1 Å². The number of anilines is 2. The standard InChI is InChI=1S/C17H13F3N2OS/c1-23-13-10-6-5-9-12(13)21-16-22-15(17(18,19)20)14(24-16)11-7-3-2-4-8-11/h2-10H,1H3,(H,21,22). The molecule has 0 fully saturated rings. The third-order valence-electron chi connectivity index (χ3n) is 3.28. The lowest BCUT2D eigenvalue weighted by Crippen LogP contribution is -2.07. The van der Waals surface area contributed by atoms with Gasteiger partial charge in [0.05, 0.1) is 17.7 Å². The number of alkyl halides is 3. The van der Waals surface area contributed by atoms with E-state index in [1.54, 1.807) is 54.6 Å². The van der Waals surface area contributed by atoms with Gasteiger partial charge in [0.25, 0.3) is 0 Å². The maximum absolute atomic E-state index is 13.3. The van der Waals surface area contributed by atoms with Crippen LogP contribution in [0.3, 0.4) is 0 Å². The van der Waals surface area contributed by atoms with Gasteiger partial charge in [0.1, 0.15) is 5.75 Å². The highest BCUT2D eigenvalue weighted by Gasteiger charge is 2.38. The van der Waals surface area contributed by atoms with Crippen molar-refractivity contribution in [1.82, 2.24) is 4.98 Å². The number of methoxy groups -OCH3 is 1. The summed E-state index contributed by atoms with van der Waals surface area (Å²) in [6.07, 6.45) is -4.53. The minimum atomic E-state index is -4.53. The molecule has 0 radical (unpaired) electrons. The maximum atomic E-state index is 13.3. The second kappa shape index (κ2) is 6.52. The number of rotatable bonds is 4. The van der Waals surface area contributed by atoms with Gasteiger partial charge >= 0.3 is 6.18 Å². The van der Waals surface area contributed by atoms with E-state index >= 15 is 0 Å². The Hall–Kier alpha value is -2.54. The largest absolute Gasteiger partial charge is 0.495 e. The Morgan fingerprint density at radius 3 is 2.33 bits per heavy atom. The van der Waals surface area contributed by atoms with Crippen LogP contribution < -0.4 is 10.1 Å². The van der Waals surface area contributed by atoms with Crippen LogP contribution in [0.5, 0.6) is 5.75 Å². The van der Waals surface area contributed by atoms with Gasteiger partial charge in [-0.2, -0.15) is 13.2 Å². The summed E-state index contributed by atoms with van der Waals surface area (Å²) in [5.74, 6) is 0.530. The molecule has 1 heterocycles. The van der Waals surface area contributed by atoms with Crippen molar-refractivity contribution in [2.75, 3.05) is 12.4 Å². The van der Waals surface area contributed by atoms with E-state index in [4.69, 9.17) is 4.74 Å². The molecular formula is C17H13F3N2OS. The zero-order valence-electron chi connectivity index (χ0n) is 12.6. The smallest absolute Gasteiger partial charge is 0.434 e. The summed E-state index contributed by atoms with van der Waals surface area (Å²) >= 11 is 0.956. The fourth-order valence-corrected chi connectivity index (χ4v) is 3.22. The number of ether oxygens (including phenoxy) is 1. The molecule has 0 aliphatic heterocycles. The highest BCUT2D eigenvalue weighted by molar-refractivity contribution is 7.19. The Bertz CT molecular complexity index is 831. The van der Waals surface area contributed by atoms with Gasteiger partial charge in [-0.25, -0.2) is 4.98 Å². The predicted octanol–water partition coefficient (Wildman–Crippen LogP) is 5.58. The number of benzene rings is 2. The van der Waals surface area contributed by atoms with E-state index in [0.717, 1.165) is 11.3 Å². The van der Waals surface area contributed by atoms with E-state index in [9.17, 15) is 13.2 Å². The first-order valence-electron chi connectivity index (χ1n) is 7.02. The summed E-state index contributed by atoms with van der Waals surface area (Å²) in [5, 5.41) is 3.07. The first-order chi connectivity index (χ1) is 11.5. The fourth-order valence-electron chi connectivity index (χ4n) is 2.21.